The normalized spacial score (nSPS) is 22.2. The molecule has 1 fully saturated rings. The summed E-state index contributed by atoms with van der Waals surface area (Å²) in [5, 5.41) is 3.99. The minimum atomic E-state index is -3.81. The second-order valence-electron chi connectivity index (χ2n) is 7.85. The van der Waals surface area contributed by atoms with Crippen LogP contribution >= 0.6 is 0 Å². The number of hydrogen-bond donors (Lipinski definition) is 2. The number of likely N-dealkylation sites (tertiary alicyclic amines) is 1. The largest absolute Gasteiger partial charge is 0.333 e. The number of sulfonamides is 1. The Morgan fingerprint density at radius 1 is 1.11 bits per heavy atom. The summed E-state index contributed by atoms with van der Waals surface area (Å²) in [6, 6.07) is 1.73. The molecule has 1 atom stereocenters. The summed E-state index contributed by atoms with van der Waals surface area (Å²) >= 11 is 0. The Hall–Kier alpha value is -1.86. The lowest BCUT2D eigenvalue weighted by molar-refractivity contribution is 0.256. The lowest BCUT2D eigenvalue weighted by atomic mass is 9.99. The molecule has 1 aromatic carbocycles. The molecule has 0 unspecified atom stereocenters. The smallest absolute Gasteiger partial charge is 0.307 e. The monoisotopic (exact) mass is 389 g/mol. The number of nitrogens with one attached hydrogen (secondary N) is 2. The number of carbonyl (C=O) groups excluding carboxylic acids is 1. The van der Waals surface area contributed by atoms with Gasteiger partial charge in [0.25, 0.3) is 10.0 Å². The number of nitrogens with zero attached hydrogens (tertiary/aromatic N) is 1. The van der Waals surface area contributed by atoms with Gasteiger partial charge in [-0.05, 0) is 87.2 Å². The quantitative estimate of drug-likeness (QED) is 0.830. The van der Waals surface area contributed by atoms with Crippen LogP contribution < -0.4 is 10.0 Å². The van der Waals surface area contributed by atoms with E-state index in [4.69, 9.17) is 0 Å². The first-order chi connectivity index (χ1) is 12.9. The standard InChI is InChI=1S/C20H27N3O3S/c1-23-11-4-7-16(23)10-12-27(25,26)22-20(24)21-19-17-8-2-5-14(17)13-15-6-3-9-18(15)19/h10,12-13,16H,2-9,11H2,1H3,(H2,21,22,24)/b12-10-/t16-/m1/s1. The summed E-state index contributed by atoms with van der Waals surface area (Å²) in [4.78, 5) is 14.6. The van der Waals surface area contributed by atoms with Gasteiger partial charge >= 0.3 is 6.03 Å². The number of amides is 2. The van der Waals surface area contributed by atoms with E-state index in [1.165, 1.54) is 22.3 Å². The van der Waals surface area contributed by atoms with Crippen LogP contribution in [0.4, 0.5) is 10.5 Å². The van der Waals surface area contributed by atoms with Crippen molar-refractivity contribution in [2.24, 2.45) is 0 Å². The molecule has 27 heavy (non-hydrogen) atoms. The van der Waals surface area contributed by atoms with Gasteiger partial charge in [-0.15, -0.1) is 0 Å². The number of carbonyl (C=O) groups is 1. The molecule has 4 rings (SSSR count). The van der Waals surface area contributed by atoms with Crippen molar-refractivity contribution in [1.82, 2.24) is 9.62 Å². The van der Waals surface area contributed by atoms with Crippen molar-refractivity contribution < 1.29 is 13.2 Å². The molecule has 1 saturated heterocycles. The van der Waals surface area contributed by atoms with Gasteiger partial charge in [0.1, 0.15) is 0 Å². The molecule has 7 heteroatoms. The predicted molar refractivity (Wildman–Crippen MR) is 106 cm³/mol. The van der Waals surface area contributed by atoms with Gasteiger partial charge in [-0.2, -0.15) is 0 Å². The molecule has 0 saturated carbocycles. The lowest BCUT2D eigenvalue weighted by Crippen LogP contribution is -2.34. The van der Waals surface area contributed by atoms with Crippen molar-refractivity contribution in [2.45, 2.75) is 57.4 Å². The average Bonchev–Trinajstić information content (AvgIpc) is 3.32. The molecule has 1 aromatic rings. The predicted octanol–water partition coefficient (Wildman–Crippen LogP) is 2.72. The van der Waals surface area contributed by atoms with Crippen LogP contribution in [0.5, 0.6) is 0 Å². The van der Waals surface area contributed by atoms with Gasteiger partial charge in [0.2, 0.25) is 0 Å². The number of aryl methyl sites for hydroxylation is 2. The van der Waals surface area contributed by atoms with Crippen molar-refractivity contribution in [1.29, 1.82) is 0 Å². The number of hydrogen-bond acceptors (Lipinski definition) is 4. The van der Waals surface area contributed by atoms with Gasteiger partial charge in [-0.25, -0.2) is 17.9 Å². The maximum absolute atomic E-state index is 12.4. The summed E-state index contributed by atoms with van der Waals surface area (Å²) in [7, 11) is -1.83. The summed E-state index contributed by atoms with van der Waals surface area (Å²) in [6.45, 7) is 0.965. The maximum atomic E-state index is 12.4. The highest BCUT2D eigenvalue weighted by Crippen LogP contribution is 2.38. The summed E-state index contributed by atoms with van der Waals surface area (Å²) in [5.41, 5.74) is 5.83. The van der Waals surface area contributed by atoms with Gasteiger partial charge in [-0.3, -0.25) is 4.90 Å². The van der Waals surface area contributed by atoms with Gasteiger partial charge in [0.05, 0.1) is 0 Å². The van der Waals surface area contributed by atoms with Gasteiger partial charge in [0.15, 0.2) is 0 Å². The highest BCUT2D eigenvalue weighted by Gasteiger charge is 2.26. The molecule has 0 spiro atoms. The van der Waals surface area contributed by atoms with Crippen molar-refractivity contribution in [2.75, 3.05) is 18.9 Å². The number of fused-ring (bicyclic) bond motifs is 2. The zero-order chi connectivity index (χ0) is 19.0. The van der Waals surface area contributed by atoms with Crippen LogP contribution in [-0.2, 0) is 35.7 Å². The zero-order valence-corrected chi connectivity index (χ0v) is 16.6. The van der Waals surface area contributed by atoms with Crippen molar-refractivity contribution in [3.63, 3.8) is 0 Å². The lowest BCUT2D eigenvalue weighted by Gasteiger charge is -2.16. The number of urea groups is 1. The van der Waals surface area contributed by atoms with E-state index in [-0.39, 0.29) is 6.04 Å². The van der Waals surface area contributed by atoms with Crippen molar-refractivity contribution >= 4 is 21.7 Å². The minimum Gasteiger partial charge on any atom is -0.307 e. The van der Waals surface area contributed by atoms with E-state index in [0.717, 1.165) is 69.0 Å². The molecule has 0 radical (unpaired) electrons. The Balaban J connectivity index is 1.48. The molecule has 146 valence electrons. The Kier molecular flexibility index (Phi) is 4.99. The van der Waals surface area contributed by atoms with E-state index in [2.05, 4.69) is 21.0 Å². The Bertz CT molecular complexity index is 860. The van der Waals surface area contributed by atoms with Crippen molar-refractivity contribution in [3.05, 3.63) is 39.8 Å². The molecule has 2 N–H and O–H groups in total. The van der Waals surface area contributed by atoms with Crippen molar-refractivity contribution in [3.8, 4) is 0 Å². The summed E-state index contributed by atoms with van der Waals surface area (Å²) < 4.78 is 26.7. The SMILES string of the molecule is CN1CCC[C@@H]1/C=C\S(=O)(=O)NC(=O)Nc1c2c(cc3c1CCC3)CCC2. The first-order valence-corrected chi connectivity index (χ1v) is 11.4. The second kappa shape index (κ2) is 7.28. The van der Waals surface area contributed by atoms with Crippen LogP contribution in [0.15, 0.2) is 17.6 Å². The first kappa shape index (κ1) is 18.5. The Morgan fingerprint density at radius 3 is 2.37 bits per heavy atom. The van der Waals surface area contributed by atoms with Crippen LogP contribution in [0.2, 0.25) is 0 Å². The van der Waals surface area contributed by atoms with E-state index in [9.17, 15) is 13.2 Å². The Labute approximate surface area is 161 Å². The third-order valence-electron chi connectivity index (χ3n) is 6.00. The summed E-state index contributed by atoms with van der Waals surface area (Å²) in [5.74, 6) is 0. The van der Waals surface area contributed by atoms with Crippen LogP contribution in [0.25, 0.3) is 0 Å². The summed E-state index contributed by atoms with van der Waals surface area (Å²) in [6.07, 6.45) is 9.80. The second-order valence-corrected chi connectivity index (χ2v) is 9.42. The molecular formula is C20H27N3O3S. The highest BCUT2D eigenvalue weighted by atomic mass is 32.2. The molecule has 1 aliphatic heterocycles. The number of rotatable bonds is 4. The van der Waals surface area contributed by atoms with E-state index < -0.39 is 16.1 Å². The first-order valence-electron chi connectivity index (χ1n) is 9.82. The molecule has 2 aliphatic carbocycles. The number of anilines is 1. The molecule has 6 nitrogen and oxygen atoms in total. The number of benzene rings is 1. The van der Waals surface area contributed by atoms with Crippen LogP contribution in [0, 0.1) is 0 Å². The van der Waals surface area contributed by atoms with Crippen LogP contribution in [0.1, 0.15) is 47.9 Å². The number of likely N-dealkylation sites (N-methyl/N-ethyl adjacent to an activating group) is 1. The fraction of sp³-hybridized carbons (Fsp3) is 0.550. The molecule has 1 heterocycles. The Morgan fingerprint density at radius 2 is 1.78 bits per heavy atom. The van der Waals surface area contributed by atoms with E-state index in [1.54, 1.807) is 6.08 Å². The fourth-order valence-electron chi connectivity index (χ4n) is 4.64. The van der Waals surface area contributed by atoms with Crippen LogP contribution in [0.3, 0.4) is 0 Å². The molecular weight excluding hydrogens is 362 g/mol. The third kappa shape index (κ3) is 3.89. The molecule has 0 bridgehead atoms. The van der Waals surface area contributed by atoms with E-state index in [0.29, 0.717) is 0 Å². The fourth-order valence-corrected chi connectivity index (χ4v) is 5.41. The van der Waals surface area contributed by atoms with Crippen LogP contribution in [-0.4, -0.2) is 39.0 Å². The molecule has 2 amide bonds. The highest BCUT2D eigenvalue weighted by molar-refractivity contribution is 7.92. The van der Waals surface area contributed by atoms with Gasteiger partial charge in [-0.1, -0.05) is 12.1 Å². The maximum Gasteiger partial charge on any atom is 0.333 e. The zero-order valence-electron chi connectivity index (χ0n) is 15.8. The van der Waals surface area contributed by atoms with Gasteiger partial charge in [0, 0.05) is 17.1 Å². The molecule has 0 aromatic heterocycles. The van der Waals surface area contributed by atoms with E-state index in [1.807, 2.05) is 7.05 Å². The third-order valence-corrected chi connectivity index (χ3v) is 6.99. The molecule has 3 aliphatic rings. The average molecular weight is 390 g/mol. The minimum absolute atomic E-state index is 0.116. The topological polar surface area (TPSA) is 78.5 Å². The van der Waals surface area contributed by atoms with E-state index >= 15 is 0 Å². The van der Waals surface area contributed by atoms with Gasteiger partial charge < -0.3 is 5.32 Å².